The standard InChI is InChI=1S/C22H27ClFN5O3/c1-11-20(23)12(2)28-21(27-11)17-8-29(9-18(17)25)22(31)16-4-3-13(24)5-19(16)32-10-14-6-15(30)7-26-14/h3-5,14-15,18,26-27,30H,6-10,25H2,1-2H3/b21-17-. The number of aliphatic hydroxyl groups is 1. The van der Waals surface area contributed by atoms with E-state index in [2.05, 4.69) is 15.6 Å². The van der Waals surface area contributed by atoms with Crippen molar-refractivity contribution < 1.29 is 19.0 Å². The molecule has 3 aliphatic heterocycles. The number of halogens is 2. The van der Waals surface area contributed by atoms with Crippen molar-refractivity contribution in [1.82, 2.24) is 15.5 Å². The quantitative estimate of drug-likeness (QED) is 0.538. The lowest BCUT2D eigenvalue weighted by Crippen LogP contribution is -2.33. The Labute approximate surface area is 191 Å². The lowest BCUT2D eigenvalue weighted by Gasteiger charge is -2.20. The van der Waals surface area contributed by atoms with Crippen molar-refractivity contribution in [1.29, 1.82) is 0 Å². The highest BCUT2D eigenvalue weighted by atomic mass is 35.5. The Morgan fingerprint density at radius 2 is 2.22 bits per heavy atom. The van der Waals surface area contributed by atoms with Crippen molar-refractivity contribution in [3.05, 3.63) is 51.7 Å². The van der Waals surface area contributed by atoms with Gasteiger partial charge in [-0.15, -0.1) is 0 Å². The molecule has 0 spiro atoms. The highest BCUT2D eigenvalue weighted by Gasteiger charge is 2.33. The number of allylic oxidation sites excluding steroid dienone is 2. The van der Waals surface area contributed by atoms with Gasteiger partial charge in [-0.25, -0.2) is 9.38 Å². The van der Waals surface area contributed by atoms with Crippen LogP contribution in [0.15, 0.2) is 45.3 Å². The van der Waals surface area contributed by atoms with Crippen LogP contribution in [0.2, 0.25) is 0 Å². The van der Waals surface area contributed by atoms with E-state index in [-0.39, 0.29) is 36.4 Å². The van der Waals surface area contributed by atoms with Crippen LogP contribution >= 0.6 is 11.6 Å². The number of β-amino-alcohol motifs (C(OH)–C–C–N with tert-alkyl or cyclic N) is 1. The average molecular weight is 464 g/mol. The minimum absolute atomic E-state index is 0.0608. The third kappa shape index (κ3) is 4.66. The molecule has 4 rings (SSSR count). The number of nitrogens with two attached hydrogens (primary N) is 1. The molecule has 2 saturated heterocycles. The second-order valence-corrected chi connectivity index (χ2v) is 8.75. The number of rotatable bonds is 4. The predicted octanol–water partition coefficient (Wildman–Crippen LogP) is 1.46. The number of carbonyl (C=O) groups excluding carboxylic acids is 1. The van der Waals surface area contributed by atoms with Gasteiger partial charge in [0.1, 0.15) is 24.0 Å². The number of likely N-dealkylation sites (tertiary alicyclic amines) is 1. The summed E-state index contributed by atoms with van der Waals surface area (Å²) in [6.07, 6.45) is 0.115. The van der Waals surface area contributed by atoms with E-state index in [4.69, 9.17) is 22.1 Å². The summed E-state index contributed by atoms with van der Waals surface area (Å²) in [5.41, 5.74) is 8.85. The molecule has 1 aromatic carbocycles. The number of amides is 1. The minimum Gasteiger partial charge on any atom is -0.491 e. The Balaban J connectivity index is 1.52. The van der Waals surface area contributed by atoms with Gasteiger partial charge in [0.25, 0.3) is 5.91 Å². The number of aliphatic imine (C=N–C) groups is 1. The maximum Gasteiger partial charge on any atom is 0.257 e. The molecule has 0 aromatic heterocycles. The smallest absolute Gasteiger partial charge is 0.257 e. The fourth-order valence-corrected chi connectivity index (χ4v) is 4.21. The Morgan fingerprint density at radius 1 is 1.44 bits per heavy atom. The van der Waals surface area contributed by atoms with Gasteiger partial charge in [0.2, 0.25) is 0 Å². The van der Waals surface area contributed by atoms with Crippen molar-refractivity contribution in [2.45, 2.75) is 38.5 Å². The molecule has 0 saturated carbocycles. The summed E-state index contributed by atoms with van der Waals surface area (Å²) < 4.78 is 19.7. The van der Waals surface area contributed by atoms with Crippen molar-refractivity contribution in [3.8, 4) is 5.75 Å². The molecule has 10 heteroatoms. The zero-order valence-electron chi connectivity index (χ0n) is 18.0. The van der Waals surface area contributed by atoms with Crippen LogP contribution in [-0.2, 0) is 0 Å². The van der Waals surface area contributed by atoms with Crippen molar-refractivity contribution in [2.24, 2.45) is 10.7 Å². The zero-order chi connectivity index (χ0) is 23.0. The molecule has 3 unspecified atom stereocenters. The molecular formula is C22H27ClFN5O3. The third-order valence-electron chi connectivity index (χ3n) is 5.86. The van der Waals surface area contributed by atoms with Gasteiger partial charge in [-0.05, 0) is 32.4 Å². The number of benzene rings is 1. The van der Waals surface area contributed by atoms with Gasteiger partial charge in [-0.3, -0.25) is 4.79 Å². The van der Waals surface area contributed by atoms with E-state index < -0.39 is 18.0 Å². The number of aliphatic hydroxyl groups excluding tert-OH is 1. The first-order valence-corrected chi connectivity index (χ1v) is 10.9. The van der Waals surface area contributed by atoms with Crippen LogP contribution in [0.4, 0.5) is 4.39 Å². The van der Waals surface area contributed by atoms with Crippen LogP contribution in [0.5, 0.6) is 5.75 Å². The van der Waals surface area contributed by atoms with E-state index in [1.165, 1.54) is 18.2 Å². The normalized spacial score (nSPS) is 28.1. The third-order valence-corrected chi connectivity index (χ3v) is 6.42. The molecule has 1 aromatic rings. The molecule has 5 N–H and O–H groups in total. The van der Waals surface area contributed by atoms with Gasteiger partial charge < -0.3 is 31.1 Å². The van der Waals surface area contributed by atoms with Gasteiger partial charge >= 0.3 is 0 Å². The first-order chi connectivity index (χ1) is 15.2. The van der Waals surface area contributed by atoms with E-state index in [0.717, 1.165) is 11.3 Å². The van der Waals surface area contributed by atoms with Gasteiger partial charge in [0.15, 0.2) is 0 Å². The summed E-state index contributed by atoms with van der Waals surface area (Å²) in [7, 11) is 0. The Kier molecular flexibility index (Phi) is 6.52. The summed E-state index contributed by atoms with van der Waals surface area (Å²) in [5, 5.41) is 16.5. The van der Waals surface area contributed by atoms with Crippen LogP contribution in [0.25, 0.3) is 0 Å². The highest BCUT2D eigenvalue weighted by molar-refractivity contribution is 6.43. The molecule has 172 valence electrons. The molecule has 3 aliphatic rings. The largest absolute Gasteiger partial charge is 0.491 e. The van der Waals surface area contributed by atoms with E-state index >= 15 is 0 Å². The Bertz CT molecular complexity index is 1020. The molecule has 3 heterocycles. The fourth-order valence-electron chi connectivity index (χ4n) is 4.12. The number of hydrogen-bond donors (Lipinski definition) is 4. The predicted molar refractivity (Wildman–Crippen MR) is 120 cm³/mol. The van der Waals surface area contributed by atoms with E-state index in [1.807, 2.05) is 13.8 Å². The van der Waals surface area contributed by atoms with Crippen molar-refractivity contribution in [3.63, 3.8) is 0 Å². The summed E-state index contributed by atoms with van der Waals surface area (Å²) in [6, 6.07) is 3.42. The maximum atomic E-state index is 13.9. The molecule has 2 fully saturated rings. The van der Waals surface area contributed by atoms with Crippen LogP contribution < -0.4 is 21.1 Å². The van der Waals surface area contributed by atoms with E-state index in [0.29, 0.717) is 36.1 Å². The Hall–Kier alpha value is -2.46. The molecule has 3 atom stereocenters. The molecule has 32 heavy (non-hydrogen) atoms. The number of nitrogens with one attached hydrogen (secondary N) is 2. The average Bonchev–Trinajstić information content (AvgIpc) is 3.35. The SMILES string of the molecule is CC1=N/C(=C2/CN(C(=O)c3ccc(F)cc3OCC3CC(O)CN3)CC2N)NC(C)=C1Cl. The summed E-state index contributed by atoms with van der Waals surface area (Å²) in [4.78, 5) is 19.4. The Morgan fingerprint density at radius 3 is 2.91 bits per heavy atom. The highest BCUT2D eigenvalue weighted by Crippen LogP contribution is 2.28. The van der Waals surface area contributed by atoms with E-state index in [9.17, 15) is 14.3 Å². The molecule has 0 bridgehead atoms. The first-order valence-electron chi connectivity index (χ1n) is 10.5. The second-order valence-electron chi connectivity index (χ2n) is 8.37. The van der Waals surface area contributed by atoms with Crippen molar-refractivity contribution >= 4 is 23.2 Å². The maximum absolute atomic E-state index is 13.9. The van der Waals surface area contributed by atoms with Gasteiger partial charge in [0, 0.05) is 49.1 Å². The van der Waals surface area contributed by atoms with Gasteiger partial charge in [0.05, 0.1) is 22.4 Å². The fraction of sp³-hybridized carbons (Fsp3) is 0.455. The van der Waals surface area contributed by atoms with Crippen molar-refractivity contribution in [2.75, 3.05) is 26.2 Å². The molecule has 1 amide bonds. The number of carbonyl (C=O) groups is 1. The summed E-state index contributed by atoms with van der Waals surface area (Å²) >= 11 is 6.21. The molecule has 0 radical (unpaired) electrons. The van der Waals surface area contributed by atoms with E-state index in [1.54, 1.807) is 4.90 Å². The lowest BCUT2D eigenvalue weighted by molar-refractivity contribution is 0.0788. The summed E-state index contributed by atoms with van der Waals surface area (Å²) in [6.45, 7) is 4.97. The molecular weight excluding hydrogens is 437 g/mol. The minimum atomic E-state index is -0.493. The summed E-state index contributed by atoms with van der Waals surface area (Å²) in [5.74, 6) is -0.0174. The topological polar surface area (TPSA) is 112 Å². The van der Waals surface area contributed by atoms with Crippen LogP contribution in [0.3, 0.4) is 0 Å². The van der Waals surface area contributed by atoms with Gasteiger partial charge in [-0.2, -0.15) is 0 Å². The lowest BCUT2D eigenvalue weighted by atomic mass is 10.1. The number of hydrogen-bond acceptors (Lipinski definition) is 7. The van der Waals surface area contributed by atoms with Gasteiger partial charge in [-0.1, -0.05) is 11.6 Å². The number of ether oxygens (including phenoxy) is 1. The second kappa shape index (κ2) is 9.19. The van der Waals surface area contributed by atoms with Crippen LogP contribution in [0, 0.1) is 5.82 Å². The molecule has 0 aliphatic carbocycles. The molecule has 8 nitrogen and oxygen atoms in total. The monoisotopic (exact) mass is 463 g/mol. The zero-order valence-corrected chi connectivity index (χ0v) is 18.7. The first kappa shape index (κ1) is 22.7. The number of nitrogens with zero attached hydrogens (tertiary/aromatic N) is 2. The van der Waals surface area contributed by atoms with Crippen LogP contribution in [-0.4, -0.2) is 66.1 Å². The van der Waals surface area contributed by atoms with Crippen LogP contribution in [0.1, 0.15) is 30.6 Å².